The van der Waals surface area contributed by atoms with Crippen LogP contribution in [0.15, 0.2) is 12.2 Å². The number of hydrogen-bond acceptors (Lipinski definition) is 3. The smallest absolute Gasteiger partial charge is 0.130 e. The van der Waals surface area contributed by atoms with Gasteiger partial charge in [0.05, 0.1) is 5.60 Å². The number of rotatable bonds is 2. The van der Waals surface area contributed by atoms with E-state index < -0.39 is 11.2 Å². The van der Waals surface area contributed by atoms with Crippen molar-refractivity contribution in [1.29, 1.82) is 0 Å². The first-order valence-electron chi connectivity index (χ1n) is 6.98. The van der Waals surface area contributed by atoms with Gasteiger partial charge in [0.15, 0.2) is 0 Å². The zero-order valence-electron chi connectivity index (χ0n) is 11.8. The average molecular weight is 254 g/mol. The maximum Gasteiger partial charge on any atom is 0.130 e. The van der Waals surface area contributed by atoms with Gasteiger partial charge in [-0.15, -0.1) is 0 Å². The molecule has 0 amide bonds. The Hall–Kier alpha value is -0.380. The van der Waals surface area contributed by atoms with Crippen LogP contribution in [0.4, 0.5) is 0 Å². The fourth-order valence-electron chi connectivity index (χ4n) is 4.00. The molecule has 0 heterocycles. The molecule has 3 nitrogen and oxygen atoms in total. The van der Waals surface area contributed by atoms with Gasteiger partial charge in [-0.05, 0) is 63.9 Å². The number of hydrogen-bond donors (Lipinski definition) is 2. The van der Waals surface area contributed by atoms with E-state index in [1.54, 1.807) is 0 Å². The van der Waals surface area contributed by atoms with Crippen molar-refractivity contribution in [2.24, 2.45) is 11.3 Å². The molecule has 0 bridgehead atoms. The minimum absolute atomic E-state index is 0.0428. The molecule has 2 N–H and O–H groups in total. The average Bonchev–Trinajstić information content (AvgIpc) is 2.27. The molecule has 0 saturated heterocycles. The molecule has 2 saturated carbocycles. The van der Waals surface area contributed by atoms with E-state index >= 15 is 0 Å². The predicted octanol–water partition coefficient (Wildman–Crippen LogP) is 3.53. The van der Waals surface area contributed by atoms with Crippen molar-refractivity contribution in [3.63, 3.8) is 0 Å². The summed E-state index contributed by atoms with van der Waals surface area (Å²) in [5.74, 6) is 0.146. The summed E-state index contributed by atoms with van der Waals surface area (Å²) in [5, 5.41) is 19.8. The van der Waals surface area contributed by atoms with Gasteiger partial charge in [0.1, 0.15) is 5.60 Å². The Bertz CT molecular complexity index is 344. The van der Waals surface area contributed by atoms with Crippen molar-refractivity contribution in [3.8, 4) is 0 Å². The summed E-state index contributed by atoms with van der Waals surface area (Å²) in [6, 6.07) is 0. The summed E-state index contributed by atoms with van der Waals surface area (Å²) in [7, 11) is 0. The summed E-state index contributed by atoms with van der Waals surface area (Å²) >= 11 is 0. The molecule has 0 spiro atoms. The van der Waals surface area contributed by atoms with Crippen LogP contribution in [0.1, 0.15) is 59.3 Å². The van der Waals surface area contributed by atoms with Crippen LogP contribution in [0, 0.1) is 11.3 Å². The Labute approximate surface area is 110 Å². The van der Waals surface area contributed by atoms with Crippen LogP contribution in [0.5, 0.6) is 0 Å². The number of fused-ring (bicyclic) bond motifs is 1. The normalized spacial score (nSPS) is 41.6. The van der Waals surface area contributed by atoms with Crippen molar-refractivity contribution >= 4 is 0 Å². The molecule has 3 atom stereocenters. The Morgan fingerprint density at radius 3 is 2.61 bits per heavy atom. The molecule has 2 aliphatic carbocycles. The summed E-state index contributed by atoms with van der Waals surface area (Å²) in [6.07, 6.45) is 5.72. The lowest BCUT2D eigenvalue weighted by Gasteiger charge is -2.56. The lowest BCUT2D eigenvalue weighted by atomic mass is 9.52. The Morgan fingerprint density at radius 2 is 2.06 bits per heavy atom. The standard InChI is InChI=1S/C15H26O3/c1-11-6-5-8-14(4)9-7-12(13(2,3)16)10-15(11,14)18-17/h12,16-17H,1,5-10H2,2-4H3/t12-,14+,15+/m1/s1. The summed E-state index contributed by atoms with van der Waals surface area (Å²) in [5.41, 5.74) is -0.440. The largest absolute Gasteiger partial charge is 0.390 e. The summed E-state index contributed by atoms with van der Waals surface area (Å²) in [6.45, 7) is 10.0. The van der Waals surface area contributed by atoms with Gasteiger partial charge >= 0.3 is 0 Å². The van der Waals surface area contributed by atoms with Gasteiger partial charge in [0.2, 0.25) is 0 Å². The minimum Gasteiger partial charge on any atom is -0.390 e. The van der Waals surface area contributed by atoms with E-state index in [2.05, 4.69) is 13.5 Å². The van der Waals surface area contributed by atoms with Gasteiger partial charge in [0.25, 0.3) is 0 Å². The van der Waals surface area contributed by atoms with Gasteiger partial charge in [-0.1, -0.05) is 13.5 Å². The molecule has 2 aliphatic rings. The highest BCUT2D eigenvalue weighted by atomic mass is 17.1. The van der Waals surface area contributed by atoms with Crippen molar-refractivity contribution in [1.82, 2.24) is 0 Å². The van der Waals surface area contributed by atoms with Crippen LogP contribution < -0.4 is 0 Å². The van der Waals surface area contributed by atoms with E-state index in [9.17, 15) is 10.4 Å². The molecule has 18 heavy (non-hydrogen) atoms. The molecule has 0 radical (unpaired) electrons. The topological polar surface area (TPSA) is 49.7 Å². The second-order valence-corrected chi connectivity index (χ2v) is 7.03. The minimum atomic E-state index is -0.732. The molecular formula is C15H26O3. The third-order valence-corrected chi connectivity index (χ3v) is 5.49. The van der Waals surface area contributed by atoms with E-state index in [0.29, 0.717) is 6.42 Å². The van der Waals surface area contributed by atoms with E-state index in [1.807, 2.05) is 13.8 Å². The molecule has 3 heteroatoms. The highest BCUT2D eigenvalue weighted by molar-refractivity contribution is 5.24. The maximum absolute atomic E-state index is 10.2. The van der Waals surface area contributed by atoms with E-state index in [-0.39, 0.29) is 11.3 Å². The fraction of sp³-hybridized carbons (Fsp3) is 0.867. The first-order chi connectivity index (χ1) is 8.25. The first-order valence-corrected chi connectivity index (χ1v) is 6.98. The summed E-state index contributed by atoms with van der Waals surface area (Å²) in [4.78, 5) is 5.01. The fourth-order valence-corrected chi connectivity index (χ4v) is 4.00. The Kier molecular flexibility index (Phi) is 3.37. The van der Waals surface area contributed by atoms with Crippen molar-refractivity contribution in [3.05, 3.63) is 12.2 Å². The molecule has 0 aliphatic heterocycles. The zero-order valence-corrected chi connectivity index (χ0v) is 11.8. The van der Waals surface area contributed by atoms with Crippen LogP contribution in [0.25, 0.3) is 0 Å². The van der Waals surface area contributed by atoms with Gasteiger partial charge in [-0.2, -0.15) is 0 Å². The molecular weight excluding hydrogens is 228 g/mol. The van der Waals surface area contributed by atoms with Gasteiger partial charge in [-0.3, -0.25) is 5.26 Å². The summed E-state index contributed by atoms with van der Waals surface area (Å²) < 4.78 is 0. The Balaban J connectivity index is 2.34. The van der Waals surface area contributed by atoms with Crippen molar-refractivity contribution in [2.45, 2.75) is 70.5 Å². The SMILES string of the molecule is C=C1CCC[C@@]2(C)CC[C@@H](C(C)(C)O)C[C@]12OO. The maximum atomic E-state index is 10.2. The van der Waals surface area contributed by atoms with Gasteiger partial charge in [0, 0.05) is 5.41 Å². The van der Waals surface area contributed by atoms with Crippen LogP contribution >= 0.6 is 0 Å². The molecule has 0 aromatic rings. The molecule has 0 aromatic carbocycles. The third kappa shape index (κ3) is 1.93. The van der Waals surface area contributed by atoms with Crippen LogP contribution in [-0.2, 0) is 4.89 Å². The molecule has 0 aromatic heterocycles. The molecule has 2 fully saturated rings. The molecule has 104 valence electrons. The number of aliphatic hydroxyl groups is 1. The zero-order chi connectivity index (χ0) is 13.6. The van der Waals surface area contributed by atoms with Crippen molar-refractivity contribution in [2.75, 3.05) is 0 Å². The second kappa shape index (κ2) is 4.32. The molecule has 2 rings (SSSR count). The lowest BCUT2D eigenvalue weighted by molar-refractivity contribution is -0.358. The van der Waals surface area contributed by atoms with Crippen LogP contribution in [-0.4, -0.2) is 21.6 Å². The first kappa shape index (κ1) is 14.0. The molecule has 0 unspecified atom stereocenters. The van der Waals surface area contributed by atoms with Crippen molar-refractivity contribution < 1.29 is 15.3 Å². The highest BCUT2D eigenvalue weighted by Crippen LogP contribution is 2.58. The predicted molar refractivity (Wildman–Crippen MR) is 71.2 cm³/mol. The lowest BCUT2D eigenvalue weighted by Crippen LogP contribution is -2.57. The monoisotopic (exact) mass is 254 g/mol. The van der Waals surface area contributed by atoms with E-state index in [1.165, 1.54) is 0 Å². The Morgan fingerprint density at radius 1 is 1.39 bits per heavy atom. The van der Waals surface area contributed by atoms with E-state index in [4.69, 9.17) is 4.89 Å². The highest BCUT2D eigenvalue weighted by Gasteiger charge is 2.58. The van der Waals surface area contributed by atoms with Crippen LogP contribution in [0.2, 0.25) is 0 Å². The van der Waals surface area contributed by atoms with Crippen LogP contribution in [0.3, 0.4) is 0 Å². The van der Waals surface area contributed by atoms with Gasteiger partial charge in [-0.25, -0.2) is 4.89 Å². The van der Waals surface area contributed by atoms with E-state index in [0.717, 1.165) is 37.7 Å². The van der Waals surface area contributed by atoms with Gasteiger partial charge < -0.3 is 5.11 Å². The third-order valence-electron chi connectivity index (χ3n) is 5.49. The quantitative estimate of drug-likeness (QED) is 0.450. The second-order valence-electron chi connectivity index (χ2n) is 7.03.